The fraction of sp³-hybridized carbons (Fsp3) is 0.875. The Morgan fingerprint density at radius 2 is 1.80 bits per heavy atom. The fourth-order valence-electron chi connectivity index (χ4n) is 0.239. The summed E-state index contributed by atoms with van der Waals surface area (Å²) in [5, 5.41) is 3.78. The van der Waals surface area contributed by atoms with Crippen molar-refractivity contribution in [1.29, 1.82) is 0 Å². The first-order valence-electron chi connectivity index (χ1n) is 3.96. The first kappa shape index (κ1) is 12.2. The van der Waals surface area contributed by atoms with Gasteiger partial charge in [-0.3, -0.25) is 0 Å². The summed E-state index contributed by atoms with van der Waals surface area (Å²) >= 11 is 0. The van der Waals surface area contributed by atoms with Crippen molar-refractivity contribution in [1.82, 2.24) is 0 Å². The molecule has 0 N–H and O–H groups in total. The van der Waals surface area contributed by atoms with E-state index in [1.54, 1.807) is 0 Å². The second-order valence-electron chi connectivity index (χ2n) is 1.60. The van der Waals surface area contributed by atoms with Crippen LogP contribution in [0.2, 0.25) is 0 Å². The molecule has 0 heterocycles. The lowest BCUT2D eigenvalue weighted by Crippen LogP contribution is -1.89. The zero-order chi connectivity index (χ0) is 8.41. The Morgan fingerprint density at radius 3 is 2.10 bits per heavy atom. The maximum absolute atomic E-state index is 4.77. The molecule has 0 aliphatic heterocycles. The molecule has 0 atom stereocenters. The van der Waals surface area contributed by atoms with E-state index in [1.807, 2.05) is 27.7 Å². The average Bonchev–Trinajstić information content (AvgIpc) is 2.04. The maximum atomic E-state index is 4.77. The molecule has 2 nitrogen and oxygen atoms in total. The lowest BCUT2D eigenvalue weighted by Gasteiger charge is -1.93. The number of hydrogen-bond acceptors (Lipinski definition) is 2. The van der Waals surface area contributed by atoms with Gasteiger partial charge in [0.05, 0.1) is 5.71 Å². The van der Waals surface area contributed by atoms with Crippen LogP contribution >= 0.6 is 0 Å². The normalized spacial score (nSPS) is 9.90. The summed E-state index contributed by atoms with van der Waals surface area (Å²) < 4.78 is 0. The molecule has 0 rings (SSSR count). The first-order chi connectivity index (χ1) is 4.81. The molecule has 62 valence electrons. The van der Waals surface area contributed by atoms with E-state index in [4.69, 9.17) is 4.84 Å². The van der Waals surface area contributed by atoms with Gasteiger partial charge >= 0.3 is 0 Å². The summed E-state index contributed by atoms with van der Waals surface area (Å²) in [7, 11) is 0. The Morgan fingerprint density at radius 1 is 1.30 bits per heavy atom. The van der Waals surface area contributed by atoms with E-state index >= 15 is 0 Å². The van der Waals surface area contributed by atoms with E-state index < -0.39 is 0 Å². The van der Waals surface area contributed by atoms with Gasteiger partial charge in [-0.1, -0.05) is 25.9 Å². The molecule has 10 heavy (non-hydrogen) atoms. The zero-order valence-electron chi connectivity index (χ0n) is 7.77. The Hall–Kier alpha value is -0.530. The van der Waals surface area contributed by atoms with Gasteiger partial charge in [0.2, 0.25) is 0 Å². The highest BCUT2D eigenvalue weighted by Crippen LogP contribution is 1.84. The van der Waals surface area contributed by atoms with Crippen LogP contribution in [0, 0.1) is 0 Å². The third-order valence-corrected chi connectivity index (χ3v) is 0.861. The summed E-state index contributed by atoms with van der Waals surface area (Å²) in [6, 6.07) is 0. The Kier molecular flexibility index (Phi) is 13.7. The van der Waals surface area contributed by atoms with Crippen LogP contribution in [-0.2, 0) is 4.84 Å². The third kappa shape index (κ3) is 10.5. The molecule has 0 saturated heterocycles. The Bertz CT molecular complexity index is 79.3. The molecular weight excluding hydrogens is 126 g/mol. The minimum Gasteiger partial charge on any atom is -0.396 e. The molecule has 2 heteroatoms. The molecule has 0 aromatic carbocycles. The predicted molar refractivity (Wildman–Crippen MR) is 46.4 cm³/mol. The summed E-state index contributed by atoms with van der Waals surface area (Å²) in [6.07, 6.45) is 0.972. The minimum atomic E-state index is 0.664. The first-order valence-corrected chi connectivity index (χ1v) is 3.96. The summed E-state index contributed by atoms with van der Waals surface area (Å²) in [4.78, 5) is 4.77. The molecule has 0 spiro atoms. The number of nitrogens with zero attached hydrogens (tertiary/aromatic N) is 1. The van der Waals surface area contributed by atoms with Crippen LogP contribution in [0.25, 0.3) is 0 Å². The van der Waals surface area contributed by atoms with Crippen LogP contribution < -0.4 is 0 Å². The van der Waals surface area contributed by atoms with Crippen molar-refractivity contribution in [2.24, 2.45) is 5.16 Å². The molecular formula is C8H19NO. The molecule has 0 aromatic rings. The zero-order valence-corrected chi connectivity index (χ0v) is 7.77. The van der Waals surface area contributed by atoms with Crippen molar-refractivity contribution in [3.63, 3.8) is 0 Å². The highest BCUT2D eigenvalue weighted by molar-refractivity contribution is 5.80. The third-order valence-electron chi connectivity index (χ3n) is 0.861. The van der Waals surface area contributed by atoms with E-state index in [0.717, 1.165) is 12.1 Å². The quantitative estimate of drug-likeness (QED) is 0.442. The molecule has 0 saturated carbocycles. The molecule has 0 unspecified atom stereocenters. The molecule has 0 aromatic heterocycles. The highest BCUT2D eigenvalue weighted by Gasteiger charge is 1.81. The predicted octanol–water partition coefficient (Wildman–Crippen LogP) is 2.84. The van der Waals surface area contributed by atoms with Gasteiger partial charge in [-0.25, -0.2) is 0 Å². The van der Waals surface area contributed by atoms with Gasteiger partial charge in [-0.05, 0) is 20.3 Å². The molecule has 0 aliphatic rings. The molecule has 0 fully saturated rings. The van der Waals surface area contributed by atoms with Crippen LogP contribution in [0.4, 0.5) is 0 Å². The van der Waals surface area contributed by atoms with Gasteiger partial charge < -0.3 is 4.84 Å². The SMILES string of the molecule is CC.CCO/N=C(/C)CC. The number of hydrogen-bond donors (Lipinski definition) is 0. The van der Waals surface area contributed by atoms with Gasteiger partial charge in [0, 0.05) is 0 Å². The average molecular weight is 145 g/mol. The maximum Gasteiger partial charge on any atom is 0.114 e. The lowest BCUT2D eigenvalue weighted by molar-refractivity contribution is 0.158. The largest absolute Gasteiger partial charge is 0.396 e. The smallest absolute Gasteiger partial charge is 0.114 e. The Labute approximate surface area is 64.3 Å². The number of oxime groups is 1. The van der Waals surface area contributed by atoms with Gasteiger partial charge in [-0.2, -0.15) is 0 Å². The molecule has 0 aliphatic carbocycles. The van der Waals surface area contributed by atoms with E-state index in [0.29, 0.717) is 6.61 Å². The van der Waals surface area contributed by atoms with Crippen LogP contribution in [0.3, 0.4) is 0 Å². The molecule has 0 bridgehead atoms. The Balaban J connectivity index is 0. The van der Waals surface area contributed by atoms with E-state index in [9.17, 15) is 0 Å². The fourth-order valence-corrected chi connectivity index (χ4v) is 0.239. The van der Waals surface area contributed by atoms with E-state index in [-0.39, 0.29) is 0 Å². The molecule has 0 amide bonds. The second-order valence-corrected chi connectivity index (χ2v) is 1.60. The standard InChI is InChI=1S/C6H13NO.C2H6/c1-4-6(3)7-8-5-2;1-2/h4-5H2,1-3H3;1-2H3/b7-6-;. The van der Waals surface area contributed by atoms with Crippen molar-refractivity contribution in [2.75, 3.05) is 6.61 Å². The van der Waals surface area contributed by atoms with Crippen LogP contribution in [-0.4, -0.2) is 12.3 Å². The summed E-state index contributed by atoms with van der Waals surface area (Å²) in [6.45, 7) is 10.6. The summed E-state index contributed by atoms with van der Waals surface area (Å²) in [5.41, 5.74) is 1.05. The topological polar surface area (TPSA) is 21.6 Å². The molecule has 0 radical (unpaired) electrons. The van der Waals surface area contributed by atoms with Crippen molar-refractivity contribution in [3.05, 3.63) is 0 Å². The van der Waals surface area contributed by atoms with Gasteiger partial charge in [0.1, 0.15) is 6.61 Å². The van der Waals surface area contributed by atoms with Gasteiger partial charge in [-0.15, -0.1) is 0 Å². The van der Waals surface area contributed by atoms with E-state index in [2.05, 4.69) is 12.1 Å². The monoisotopic (exact) mass is 145 g/mol. The highest BCUT2D eigenvalue weighted by atomic mass is 16.6. The number of rotatable bonds is 3. The van der Waals surface area contributed by atoms with Crippen molar-refractivity contribution in [3.8, 4) is 0 Å². The van der Waals surface area contributed by atoms with Crippen LogP contribution in [0.15, 0.2) is 5.16 Å². The lowest BCUT2D eigenvalue weighted by atomic mass is 10.3. The van der Waals surface area contributed by atoms with E-state index in [1.165, 1.54) is 0 Å². The van der Waals surface area contributed by atoms with Gasteiger partial charge in [0.15, 0.2) is 0 Å². The minimum absolute atomic E-state index is 0.664. The second kappa shape index (κ2) is 11.3. The van der Waals surface area contributed by atoms with Crippen molar-refractivity contribution < 1.29 is 4.84 Å². The van der Waals surface area contributed by atoms with Crippen molar-refractivity contribution >= 4 is 5.71 Å². The van der Waals surface area contributed by atoms with Gasteiger partial charge in [0.25, 0.3) is 0 Å². The van der Waals surface area contributed by atoms with Crippen LogP contribution in [0.5, 0.6) is 0 Å². The van der Waals surface area contributed by atoms with Crippen LogP contribution in [0.1, 0.15) is 41.0 Å². The summed E-state index contributed by atoms with van der Waals surface area (Å²) in [5.74, 6) is 0. The van der Waals surface area contributed by atoms with Crippen molar-refractivity contribution in [2.45, 2.75) is 41.0 Å².